The lowest BCUT2D eigenvalue weighted by molar-refractivity contribution is -0.143. The number of nitrogens with two attached hydrogens (primary N) is 7. The fraction of sp³-hybridized carbons (Fsp3) is 0.615. The largest absolute Gasteiger partial charge is 0.480 e. The molecule has 19 atom stereocenters. The zero-order chi connectivity index (χ0) is 111. The number of guanidine groups is 1. The van der Waals surface area contributed by atoms with Gasteiger partial charge in [0.15, 0.2) is 5.96 Å². The molecule has 0 radical (unpaired) electrons. The van der Waals surface area contributed by atoms with E-state index in [1.165, 1.54) is 39.5 Å². The van der Waals surface area contributed by atoms with Crippen molar-refractivity contribution in [2.45, 2.75) is 272 Å². The van der Waals surface area contributed by atoms with Gasteiger partial charge in [-0.05, 0) is 159 Å². The number of thioether (sulfide) groups is 1. The summed E-state index contributed by atoms with van der Waals surface area (Å²) in [6, 6.07) is -11.1. The molecule has 41 N–H and O–H groups in total. The van der Waals surface area contributed by atoms with Crippen molar-refractivity contribution in [1.82, 2.24) is 106 Å². The second kappa shape index (κ2) is 70.8. The van der Waals surface area contributed by atoms with Crippen LogP contribution in [-0.2, 0) is 118 Å². The third-order valence-electron chi connectivity index (χ3n) is 22.4. The molecule has 0 aromatic heterocycles. The lowest BCUT2D eigenvalue weighted by Gasteiger charge is -2.29. The van der Waals surface area contributed by atoms with Gasteiger partial charge in [0.05, 0.1) is 58.1 Å². The third kappa shape index (κ3) is 50.4. The molecule has 0 bridgehead atoms. The summed E-state index contributed by atoms with van der Waals surface area (Å²) in [5, 5.41) is 116. The first-order valence-electron chi connectivity index (χ1n) is 48.2. The Balaban J connectivity index is 2.34. The summed E-state index contributed by atoms with van der Waals surface area (Å²) in [5.41, 5.74) is 40.3. The Bertz CT molecular complexity index is 4710. The molecule has 2 rings (SSSR count). The highest BCUT2D eigenvalue weighted by Crippen LogP contribution is 2.15. The highest BCUT2D eigenvalue weighted by Gasteiger charge is 2.40. The Labute approximate surface area is 859 Å². The fourth-order valence-corrected chi connectivity index (χ4v) is 14.5. The van der Waals surface area contributed by atoms with Gasteiger partial charge in [-0.25, -0.2) is 4.79 Å². The number of rotatable bonds is 74. The number of amides is 21. The van der Waals surface area contributed by atoms with Crippen molar-refractivity contribution in [3.63, 3.8) is 0 Å². The summed E-state index contributed by atoms with van der Waals surface area (Å²) in [7, 11) is 0. The first-order chi connectivity index (χ1) is 70.0. The van der Waals surface area contributed by atoms with Crippen LogP contribution in [-0.4, -0.2) is 359 Å². The Morgan fingerprint density at radius 2 is 0.689 bits per heavy atom. The molecule has 2 aromatic carbocycles. The molecule has 0 unspecified atom stereocenters. The van der Waals surface area contributed by atoms with E-state index in [0.717, 1.165) is 13.8 Å². The van der Waals surface area contributed by atoms with Gasteiger partial charge < -0.3 is 177 Å². The van der Waals surface area contributed by atoms with E-state index < -0.39 is 316 Å². The maximum absolute atomic E-state index is 14.7. The van der Waals surface area contributed by atoms with Crippen LogP contribution in [0.5, 0.6) is 0 Å². The monoisotopic (exact) mass is 2120 g/mol. The van der Waals surface area contributed by atoms with Crippen molar-refractivity contribution in [3.8, 4) is 0 Å². The van der Waals surface area contributed by atoms with Crippen LogP contribution >= 0.6 is 11.8 Å². The van der Waals surface area contributed by atoms with Gasteiger partial charge >= 0.3 is 5.97 Å². The minimum atomic E-state index is -2.01. The number of aliphatic hydroxyl groups excluding tert-OH is 5. The van der Waals surface area contributed by atoms with E-state index in [4.69, 9.17) is 45.5 Å². The number of aliphatic hydroxyl groups is 5. The van der Waals surface area contributed by atoms with E-state index >= 15 is 0 Å². The number of carbonyl (C=O) groups is 22. The Hall–Kier alpha value is -14.0. The SMILES string of the molecule is CC[C@H](NC(=O)[C@H](Cc1ccccc1)NC(=O)[C@@H](N)CO)C(=O)N[C@@H](CC(N)=O)C(=O)NCC(=O)N[C@H](C(=O)NCC(=O)N[C@H](C(=O)NCC(=O)N[C@@H](CCSC)C(=O)N[C@@H](CCCCN)C(=O)N[C@@H](CCCCN)C(=O)N[C@H](C(=O)N[C@@H](CO)C(=O)N[C@@H](Cc1ccccc1)C(=O)N[C@@H](CCC(N)=O)C(=O)N[C@@H](CCCNC(=N)N)C(=O)N[C@@H](C)C(=O)N[C@@H](CCCCN)C(=O)N[C@@H](CO)C(=O)O)[C@@H](C)O)[C@@H](C)O)C(C)C. The average molecular weight is 2120 g/mol. The summed E-state index contributed by atoms with van der Waals surface area (Å²) >= 11 is 1.25. The fourth-order valence-electron chi connectivity index (χ4n) is 14.0. The Morgan fingerprint density at radius 3 is 1.09 bits per heavy atom. The number of nitrogens with one attached hydrogen (secondary N) is 21. The van der Waals surface area contributed by atoms with E-state index in [1.54, 1.807) is 66.9 Å². The molecule has 0 heterocycles. The predicted molar refractivity (Wildman–Crippen MR) is 534 cm³/mol. The summed E-state index contributed by atoms with van der Waals surface area (Å²) in [5.74, 6) is -24.5. The Kier molecular flexibility index (Phi) is 62.2. The van der Waals surface area contributed by atoms with Gasteiger partial charge in [0.2, 0.25) is 124 Å². The average Bonchev–Trinajstić information content (AvgIpc) is 0.860. The van der Waals surface area contributed by atoms with E-state index in [1.807, 2.05) is 0 Å². The second-order valence-electron chi connectivity index (χ2n) is 35.1. The minimum Gasteiger partial charge on any atom is -0.480 e. The number of unbranched alkanes of at least 4 members (excludes halogenated alkanes) is 3. The maximum Gasteiger partial charge on any atom is 0.328 e. The molecule has 0 aliphatic carbocycles. The number of primary amides is 2. The summed E-state index contributed by atoms with van der Waals surface area (Å²) in [6.07, 6.45) is -3.52. The van der Waals surface area contributed by atoms with Crippen LogP contribution in [0.25, 0.3) is 0 Å². The van der Waals surface area contributed by atoms with E-state index in [2.05, 4.69) is 106 Å². The summed E-state index contributed by atoms with van der Waals surface area (Å²) in [6.45, 7) is 2.62. The predicted octanol–water partition coefficient (Wildman–Crippen LogP) is -13.6. The molecule has 828 valence electrons. The smallest absolute Gasteiger partial charge is 0.328 e. The molecule has 0 aliphatic rings. The van der Waals surface area contributed by atoms with Crippen LogP contribution in [0.1, 0.15) is 155 Å². The molecular formula is C91H150N28O28S. The first kappa shape index (κ1) is 130. The van der Waals surface area contributed by atoms with Crippen molar-refractivity contribution in [2.75, 3.05) is 77.6 Å². The minimum absolute atomic E-state index is 0.00285. The Morgan fingerprint density at radius 1 is 0.345 bits per heavy atom. The molecule has 56 nitrogen and oxygen atoms in total. The molecule has 0 saturated carbocycles. The van der Waals surface area contributed by atoms with Crippen molar-refractivity contribution >= 4 is 148 Å². The second-order valence-corrected chi connectivity index (χ2v) is 36.0. The van der Waals surface area contributed by atoms with E-state index in [-0.39, 0.29) is 115 Å². The molecule has 0 spiro atoms. The van der Waals surface area contributed by atoms with E-state index in [9.17, 15) is 136 Å². The molecule has 0 saturated heterocycles. The topological polar surface area (TPSA) is 944 Å². The van der Waals surface area contributed by atoms with Gasteiger partial charge in [0.25, 0.3) is 0 Å². The summed E-state index contributed by atoms with van der Waals surface area (Å²) in [4.78, 5) is 299. The first-order valence-corrected chi connectivity index (χ1v) is 49.6. The lowest BCUT2D eigenvalue weighted by Crippen LogP contribution is -2.62. The highest BCUT2D eigenvalue weighted by atomic mass is 32.2. The van der Waals surface area contributed by atoms with Crippen molar-refractivity contribution < 1.29 is 136 Å². The van der Waals surface area contributed by atoms with Gasteiger partial charge in [-0.2, -0.15) is 11.8 Å². The van der Waals surface area contributed by atoms with Gasteiger partial charge in [-0.15, -0.1) is 0 Å². The molecule has 148 heavy (non-hydrogen) atoms. The summed E-state index contributed by atoms with van der Waals surface area (Å²) < 4.78 is 0. The van der Waals surface area contributed by atoms with Crippen LogP contribution in [0.4, 0.5) is 0 Å². The molecule has 2 aromatic rings. The number of carboxylic acids is 1. The van der Waals surface area contributed by atoms with Crippen molar-refractivity contribution in [2.24, 2.45) is 46.1 Å². The van der Waals surface area contributed by atoms with Gasteiger partial charge in [-0.1, -0.05) is 81.4 Å². The van der Waals surface area contributed by atoms with Gasteiger partial charge in [0, 0.05) is 25.8 Å². The lowest BCUT2D eigenvalue weighted by atomic mass is 10.0. The molecule has 0 fully saturated rings. The van der Waals surface area contributed by atoms with E-state index in [0.29, 0.717) is 24.0 Å². The number of aliphatic carboxylic acids is 1. The molecule has 21 amide bonds. The number of hydrogen-bond donors (Lipinski definition) is 34. The third-order valence-corrected chi connectivity index (χ3v) is 23.1. The van der Waals surface area contributed by atoms with Crippen molar-refractivity contribution in [3.05, 3.63) is 71.8 Å². The standard InChI is InChI=1S/C91H150N28O28S/c1-8-54(106-84(140)61(112-75(131)53(95)44-120)38-51-22-11-9-12-23-51)77(133)114-63(40-67(97)126)76(132)101-42-69(128)117-71(47(2)3)87(143)102-43-70(129)118-72(49(5)123)88(144)103-41-68(127)105-60(32-37-148-7)82(138)108-56(27-16-19-34-93)79(135)109-57(28-17-20-35-94)83(139)119-73(50(6)124)89(145)115-64(45-121)86(142)113-62(39-52-24-13-10-14-25-52)85(141)111-59(30-31-66(96)125)81(137)110-58(29-21-36-100-91(98)99)78(134)104-48(4)74(130)107-55(26-15-18-33-92)80(136)116-65(46-122)90(146)147/h9-14,22-25,47-50,53-65,71-73,120-124H,8,15-21,26-46,92-95H2,1-7H3,(H2,96,125)(H2,97,126)(H,101,132)(H,102,143)(H,103,144)(H,104,134)(H,105,127)(H,106,140)(H,107,130)(H,108,138)(H,109,135)(H,110,137)(H,111,141)(H,112,131)(H,113,142)(H,114,133)(H,115,145)(H,116,136)(H,117,128)(H,118,129)(H,119,139)(H,146,147)(H4,98,99,100)/t48-,49+,50+,53-,54-,55-,56-,57-,58-,59-,60-,61-,62-,63-,64-,65-,71-,72-,73-/m0/s1. The number of benzene rings is 2. The van der Waals surface area contributed by atoms with Crippen LogP contribution in [0, 0.1) is 11.3 Å². The van der Waals surface area contributed by atoms with Crippen LogP contribution in [0.2, 0.25) is 0 Å². The van der Waals surface area contributed by atoms with Gasteiger partial charge in [-0.3, -0.25) is 106 Å². The molecule has 57 heteroatoms. The van der Waals surface area contributed by atoms with Crippen molar-refractivity contribution in [1.29, 1.82) is 5.41 Å². The van der Waals surface area contributed by atoms with Crippen LogP contribution in [0.3, 0.4) is 0 Å². The number of carbonyl (C=O) groups excluding carboxylic acids is 21. The zero-order valence-corrected chi connectivity index (χ0v) is 84.8. The van der Waals surface area contributed by atoms with Gasteiger partial charge in [0.1, 0.15) is 103 Å². The zero-order valence-electron chi connectivity index (χ0n) is 83.9. The van der Waals surface area contributed by atoms with Crippen LogP contribution in [0.15, 0.2) is 60.7 Å². The van der Waals surface area contributed by atoms with Crippen LogP contribution < -0.4 is 146 Å². The number of carboxylic acid groups (broad SMARTS) is 1. The number of hydrogen-bond acceptors (Lipinski definition) is 33. The molecular weight excluding hydrogens is 1970 g/mol. The highest BCUT2D eigenvalue weighted by molar-refractivity contribution is 7.98. The molecule has 0 aliphatic heterocycles. The normalized spacial score (nSPS) is 14.9. The quantitative estimate of drug-likeness (QED) is 0.0166. The maximum atomic E-state index is 14.7.